The van der Waals surface area contributed by atoms with Gasteiger partial charge in [0.15, 0.2) is 11.5 Å². The Kier molecular flexibility index (Phi) is 9.59. The Hall–Kier alpha value is -0.883. The highest BCUT2D eigenvalue weighted by Gasteiger charge is 2.23. The Morgan fingerprint density at radius 2 is 1.92 bits per heavy atom. The molecule has 1 aromatic rings. The first kappa shape index (κ1) is 21.2. The van der Waals surface area contributed by atoms with E-state index in [1.807, 2.05) is 25.1 Å². The van der Waals surface area contributed by atoms with Crippen LogP contribution >= 0.6 is 33.2 Å². The summed E-state index contributed by atoms with van der Waals surface area (Å²) in [5.74, 6) is 0.862. The second kappa shape index (κ2) is 10.9. The molecule has 134 valence electrons. The van der Waals surface area contributed by atoms with Gasteiger partial charge in [0.05, 0.1) is 20.3 Å². The van der Waals surface area contributed by atoms with Crippen molar-refractivity contribution < 1.29 is 19.0 Å². The summed E-state index contributed by atoms with van der Waals surface area (Å²) in [6.07, 6.45) is 4.59. The molecule has 0 aliphatic heterocycles. The van der Waals surface area contributed by atoms with Crippen molar-refractivity contribution in [2.75, 3.05) is 20.3 Å². The average molecular weight is 412 g/mol. The lowest BCUT2D eigenvalue weighted by Gasteiger charge is -2.13. The second-order valence-electron chi connectivity index (χ2n) is 4.92. The van der Waals surface area contributed by atoms with E-state index < -0.39 is 12.0 Å². The van der Waals surface area contributed by atoms with E-state index in [2.05, 4.69) is 4.74 Å². The molecule has 0 radical (unpaired) electrons. The van der Waals surface area contributed by atoms with E-state index in [4.69, 9.17) is 42.7 Å². The van der Waals surface area contributed by atoms with Crippen LogP contribution in [0.25, 0.3) is 6.08 Å². The average Bonchev–Trinajstić information content (AvgIpc) is 2.53. The SMILES string of the molecule is CCOc1ccc(/C=C/C(=O)OC)cc1OCCCC[Si](Cl)(Cl)Cl. The van der Waals surface area contributed by atoms with E-state index in [0.29, 0.717) is 30.8 Å². The number of unbranched alkanes of at least 4 members (excludes halogenated alkanes) is 1. The minimum Gasteiger partial charge on any atom is -0.490 e. The first-order valence-corrected chi connectivity index (χ1v) is 12.8. The number of ether oxygens (including phenoxy) is 3. The van der Waals surface area contributed by atoms with Crippen molar-refractivity contribution in [2.24, 2.45) is 0 Å². The van der Waals surface area contributed by atoms with Crippen molar-refractivity contribution >= 4 is 51.3 Å². The monoisotopic (exact) mass is 410 g/mol. The highest BCUT2D eigenvalue weighted by molar-refractivity contribution is 7.64. The molecule has 0 spiro atoms. The molecule has 0 amide bonds. The number of methoxy groups -OCH3 is 1. The molecule has 1 rings (SSSR count). The molecule has 0 saturated heterocycles. The Balaban J connectivity index is 2.67. The number of carbonyl (C=O) groups excluding carboxylic acids is 1. The van der Waals surface area contributed by atoms with E-state index in [1.165, 1.54) is 13.2 Å². The molecule has 4 nitrogen and oxygen atoms in total. The number of rotatable bonds is 10. The number of hydrogen-bond donors (Lipinski definition) is 0. The van der Waals surface area contributed by atoms with Gasteiger partial charge in [0.25, 0.3) is 0 Å². The van der Waals surface area contributed by atoms with Crippen LogP contribution in [0.2, 0.25) is 6.04 Å². The Labute approximate surface area is 157 Å². The molecule has 0 atom stereocenters. The molecule has 0 aliphatic carbocycles. The smallest absolute Gasteiger partial charge is 0.341 e. The molecule has 0 bridgehead atoms. The summed E-state index contributed by atoms with van der Waals surface area (Å²) in [6.45, 7) is 2.94. The van der Waals surface area contributed by atoms with Crippen LogP contribution in [0, 0.1) is 0 Å². The molecule has 0 aliphatic rings. The van der Waals surface area contributed by atoms with Gasteiger partial charge in [-0.1, -0.05) is 6.07 Å². The maximum atomic E-state index is 11.2. The van der Waals surface area contributed by atoms with Crippen LogP contribution in [0.15, 0.2) is 24.3 Å². The summed E-state index contributed by atoms with van der Waals surface area (Å²) < 4.78 is 15.9. The van der Waals surface area contributed by atoms with Crippen LogP contribution in [0.4, 0.5) is 0 Å². The van der Waals surface area contributed by atoms with Crippen molar-refractivity contribution in [1.29, 1.82) is 0 Å². The van der Waals surface area contributed by atoms with Crippen molar-refractivity contribution in [2.45, 2.75) is 25.8 Å². The molecule has 0 N–H and O–H groups in total. The van der Waals surface area contributed by atoms with Gasteiger partial charge in [0.1, 0.15) is 0 Å². The largest absolute Gasteiger partial charge is 0.490 e. The van der Waals surface area contributed by atoms with Crippen molar-refractivity contribution in [3.05, 3.63) is 29.8 Å². The second-order valence-corrected chi connectivity index (χ2v) is 14.2. The topological polar surface area (TPSA) is 44.8 Å². The zero-order chi connectivity index (χ0) is 18.0. The van der Waals surface area contributed by atoms with Crippen molar-refractivity contribution in [3.8, 4) is 11.5 Å². The lowest BCUT2D eigenvalue weighted by molar-refractivity contribution is -0.134. The van der Waals surface area contributed by atoms with Gasteiger partial charge in [0.2, 0.25) is 0 Å². The quantitative estimate of drug-likeness (QED) is 0.177. The maximum Gasteiger partial charge on any atom is 0.341 e. The standard InChI is InChI=1S/C16H21Cl3O4Si/c1-3-22-14-8-6-13(7-9-16(20)21-2)12-15(14)23-10-4-5-11-24(17,18)19/h6-9,12H,3-5,10-11H2,1-2H3/b9-7+. The molecule has 0 fully saturated rings. The highest BCUT2D eigenvalue weighted by atomic mass is 35.8. The lowest BCUT2D eigenvalue weighted by Crippen LogP contribution is -2.09. The minimum atomic E-state index is -2.56. The van der Waals surface area contributed by atoms with Crippen LogP contribution in [-0.2, 0) is 9.53 Å². The van der Waals surface area contributed by atoms with Gasteiger partial charge in [0, 0.05) is 6.08 Å². The lowest BCUT2D eigenvalue weighted by atomic mass is 10.2. The molecule has 1 aromatic carbocycles. The van der Waals surface area contributed by atoms with Gasteiger partial charge in [-0.3, -0.25) is 0 Å². The predicted molar refractivity (Wildman–Crippen MR) is 102 cm³/mol. The third-order valence-electron chi connectivity index (χ3n) is 2.99. The van der Waals surface area contributed by atoms with E-state index in [9.17, 15) is 4.79 Å². The number of benzene rings is 1. The maximum absolute atomic E-state index is 11.2. The predicted octanol–water partition coefficient (Wildman–Crippen LogP) is 5.09. The van der Waals surface area contributed by atoms with Crippen molar-refractivity contribution in [3.63, 3.8) is 0 Å². The van der Waals surface area contributed by atoms with E-state index in [-0.39, 0.29) is 0 Å². The number of halogens is 3. The highest BCUT2D eigenvalue weighted by Crippen LogP contribution is 2.30. The molecule has 0 heterocycles. The Morgan fingerprint density at radius 3 is 2.54 bits per heavy atom. The zero-order valence-corrected chi connectivity index (χ0v) is 17.0. The van der Waals surface area contributed by atoms with Crippen LogP contribution in [0.5, 0.6) is 11.5 Å². The molecule has 0 saturated carbocycles. The molecule has 0 aromatic heterocycles. The van der Waals surface area contributed by atoms with Crippen LogP contribution < -0.4 is 9.47 Å². The fourth-order valence-electron chi connectivity index (χ4n) is 1.86. The molecule has 0 unspecified atom stereocenters. The van der Waals surface area contributed by atoms with Gasteiger partial charge in [-0.25, -0.2) is 4.79 Å². The summed E-state index contributed by atoms with van der Waals surface area (Å²) in [4.78, 5) is 11.2. The van der Waals surface area contributed by atoms with E-state index in [1.54, 1.807) is 6.08 Å². The van der Waals surface area contributed by atoms with Crippen LogP contribution in [0.1, 0.15) is 25.3 Å². The summed E-state index contributed by atoms with van der Waals surface area (Å²) in [5.41, 5.74) is 0.813. The third kappa shape index (κ3) is 8.83. The van der Waals surface area contributed by atoms with Crippen LogP contribution in [-0.4, -0.2) is 32.3 Å². The number of carbonyl (C=O) groups is 1. The minimum absolute atomic E-state index is 0.415. The molecule has 8 heteroatoms. The van der Waals surface area contributed by atoms with Gasteiger partial charge in [-0.2, -0.15) is 0 Å². The van der Waals surface area contributed by atoms with E-state index >= 15 is 0 Å². The van der Waals surface area contributed by atoms with Gasteiger partial charge < -0.3 is 14.2 Å². The normalized spacial score (nSPS) is 11.5. The van der Waals surface area contributed by atoms with Crippen LogP contribution in [0.3, 0.4) is 0 Å². The summed E-state index contributed by atoms with van der Waals surface area (Å²) in [5, 5.41) is 0. The summed E-state index contributed by atoms with van der Waals surface area (Å²) in [6, 6.07) is 3.51. The van der Waals surface area contributed by atoms with Gasteiger partial charge in [-0.05, 0) is 49.6 Å². The third-order valence-corrected chi connectivity index (χ3v) is 5.61. The molecule has 24 heavy (non-hydrogen) atoms. The molecular formula is C16H21Cl3O4Si. The Morgan fingerprint density at radius 1 is 1.17 bits per heavy atom. The number of esters is 1. The first-order chi connectivity index (χ1) is 11.4. The summed E-state index contributed by atoms with van der Waals surface area (Å²) in [7, 11) is 1.33. The zero-order valence-electron chi connectivity index (χ0n) is 13.7. The number of hydrogen-bond acceptors (Lipinski definition) is 4. The van der Waals surface area contributed by atoms with E-state index in [0.717, 1.165) is 18.4 Å². The first-order valence-electron chi connectivity index (χ1n) is 7.58. The fraction of sp³-hybridized carbons (Fsp3) is 0.438. The van der Waals surface area contributed by atoms with Gasteiger partial charge in [-0.15, -0.1) is 33.2 Å². The molecular weight excluding hydrogens is 391 g/mol. The summed E-state index contributed by atoms with van der Waals surface area (Å²) >= 11 is 17.6. The van der Waals surface area contributed by atoms with Crippen molar-refractivity contribution in [1.82, 2.24) is 0 Å². The Bertz CT molecular complexity index is 559. The van der Waals surface area contributed by atoms with Gasteiger partial charge >= 0.3 is 12.0 Å². The fourth-order valence-corrected chi connectivity index (χ4v) is 3.71.